The summed E-state index contributed by atoms with van der Waals surface area (Å²) < 4.78 is 19.6. The Labute approximate surface area is 119 Å². The third-order valence-corrected chi connectivity index (χ3v) is 3.63. The molecule has 0 aliphatic rings. The zero-order valence-corrected chi connectivity index (χ0v) is 12.2. The number of phenols is 1. The Hall–Kier alpha value is -1.30. The van der Waals surface area contributed by atoms with Gasteiger partial charge in [-0.05, 0) is 47.2 Å². The van der Waals surface area contributed by atoms with Crippen molar-refractivity contribution < 1.29 is 14.2 Å². The first kappa shape index (κ1) is 13.1. The molecular formula is C14H12FIO2. The molecule has 1 N–H and O–H groups in total. The molecule has 94 valence electrons. The van der Waals surface area contributed by atoms with Crippen LogP contribution in [0.2, 0.25) is 0 Å². The highest BCUT2D eigenvalue weighted by Gasteiger charge is 2.16. The molecule has 0 aromatic heterocycles. The van der Waals surface area contributed by atoms with Gasteiger partial charge >= 0.3 is 0 Å². The zero-order chi connectivity index (χ0) is 13.3. The average Bonchev–Trinajstić information content (AvgIpc) is 2.28. The fraction of sp³-hybridized carbons (Fsp3) is 0.143. The van der Waals surface area contributed by atoms with Crippen LogP contribution in [0.4, 0.5) is 4.39 Å². The van der Waals surface area contributed by atoms with Crippen LogP contribution in [0, 0.1) is 16.3 Å². The first-order valence-electron chi connectivity index (χ1n) is 5.36. The minimum atomic E-state index is -0.484. The molecule has 0 aliphatic heterocycles. The molecule has 2 aromatic carbocycles. The maximum Gasteiger partial charge on any atom is 0.168 e. The highest BCUT2D eigenvalue weighted by Crippen LogP contribution is 2.41. The van der Waals surface area contributed by atoms with E-state index >= 15 is 0 Å². The maximum atomic E-state index is 13.5. The minimum absolute atomic E-state index is 0.188. The van der Waals surface area contributed by atoms with Crippen LogP contribution >= 0.6 is 22.6 Å². The molecule has 0 radical (unpaired) electrons. The molecule has 0 heterocycles. The first-order valence-corrected chi connectivity index (χ1v) is 6.44. The van der Waals surface area contributed by atoms with Crippen molar-refractivity contribution in [2.75, 3.05) is 7.11 Å². The van der Waals surface area contributed by atoms with Crippen molar-refractivity contribution in [2.45, 2.75) is 6.92 Å². The minimum Gasteiger partial charge on any atom is -0.504 e. The summed E-state index contributed by atoms with van der Waals surface area (Å²) in [7, 11) is 1.46. The van der Waals surface area contributed by atoms with E-state index < -0.39 is 5.82 Å². The normalized spacial score (nSPS) is 10.4. The van der Waals surface area contributed by atoms with E-state index in [1.807, 2.05) is 25.1 Å². The van der Waals surface area contributed by atoms with E-state index in [1.54, 1.807) is 0 Å². The third-order valence-electron chi connectivity index (χ3n) is 2.73. The monoisotopic (exact) mass is 358 g/mol. The Morgan fingerprint density at radius 1 is 1.28 bits per heavy atom. The van der Waals surface area contributed by atoms with Gasteiger partial charge in [0.25, 0.3) is 0 Å². The van der Waals surface area contributed by atoms with Crippen molar-refractivity contribution in [3.05, 3.63) is 45.3 Å². The average molecular weight is 358 g/mol. The summed E-state index contributed by atoms with van der Waals surface area (Å²) in [6.45, 7) is 1.94. The van der Waals surface area contributed by atoms with E-state index in [0.29, 0.717) is 11.3 Å². The summed E-state index contributed by atoms with van der Waals surface area (Å²) in [5, 5.41) is 9.75. The molecule has 0 unspecified atom stereocenters. The number of aromatic hydroxyl groups is 1. The van der Waals surface area contributed by atoms with Gasteiger partial charge < -0.3 is 9.84 Å². The molecule has 0 aliphatic carbocycles. The van der Waals surface area contributed by atoms with Gasteiger partial charge in [0.1, 0.15) is 5.82 Å². The largest absolute Gasteiger partial charge is 0.504 e. The van der Waals surface area contributed by atoms with Gasteiger partial charge in [0.05, 0.1) is 7.11 Å². The summed E-state index contributed by atoms with van der Waals surface area (Å²) in [5.74, 6) is -0.377. The van der Waals surface area contributed by atoms with E-state index in [2.05, 4.69) is 22.6 Å². The van der Waals surface area contributed by atoms with Crippen molar-refractivity contribution in [1.82, 2.24) is 0 Å². The summed E-state index contributed by atoms with van der Waals surface area (Å²) in [6.07, 6.45) is 0. The molecule has 0 fully saturated rings. The van der Waals surface area contributed by atoms with E-state index in [1.165, 1.54) is 13.2 Å². The molecule has 2 rings (SSSR count). The SMILES string of the molecule is COc1c(O)cc(F)cc1-c1c(C)cccc1I. The number of rotatable bonds is 2. The van der Waals surface area contributed by atoms with Crippen LogP contribution in [0.1, 0.15) is 5.56 Å². The Morgan fingerprint density at radius 3 is 2.61 bits per heavy atom. The quantitative estimate of drug-likeness (QED) is 0.819. The lowest BCUT2D eigenvalue weighted by atomic mass is 9.99. The summed E-state index contributed by atoms with van der Waals surface area (Å²) in [6, 6.07) is 8.24. The predicted octanol–water partition coefficient (Wildman–Crippen LogP) is 4.12. The van der Waals surface area contributed by atoms with Crippen LogP contribution < -0.4 is 4.74 Å². The van der Waals surface area contributed by atoms with Gasteiger partial charge in [-0.2, -0.15) is 0 Å². The summed E-state index contributed by atoms with van der Waals surface area (Å²) in [4.78, 5) is 0. The number of aryl methyl sites for hydroxylation is 1. The number of hydrogen-bond acceptors (Lipinski definition) is 2. The van der Waals surface area contributed by atoms with Crippen LogP contribution in [-0.4, -0.2) is 12.2 Å². The van der Waals surface area contributed by atoms with Gasteiger partial charge in [-0.1, -0.05) is 12.1 Å². The lowest BCUT2D eigenvalue weighted by molar-refractivity contribution is 0.372. The number of ether oxygens (including phenoxy) is 1. The van der Waals surface area contributed by atoms with E-state index in [-0.39, 0.29) is 5.75 Å². The van der Waals surface area contributed by atoms with Crippen molar-refractivity contribution in [1.29, 1.82) is 0 Å². The Bertz CT molecular complexity index is 576. The van der Waals surface area contributed by atoms with Crippen molar-refractivity contribution in [3.8, 4) is 22.6 Å². The van der Waals surface area contributed by atoms with Gasteiger partial charge in [0.15, 0.2) is 11.5 Å². The van der Waals surface area contributed by atoms with Crippen LogP contribution in [0.25, 0.3) is 11.1 Å². The maximum absolute atomic E-state index is 13.5. The molecule has 2 aromatic rings. The lowest BCUT2D eigenvalue weighted by Gasteiger charge is -2.14. The standard InChI is InChI=1S/C14H12FIO2/c1-8-4-3-5-11(16)13(8)10-6-9(15)7-12(17)14(10)18-2/h3-7,17H,1-2H3. The van der Waals surface area contributed by atoms with Gasteiger partial charge in [-0.15, -0.1) is 0 Å². The van der Waals surface area contributed by atoms with E-state index in [9.17, 15) is 9.50 Å². The van der Waals surface area contributed by atoms with Gasteiger partial charge in [-0.3, -0.25) is 0 Å². The zero-order valence-electron chi connectivity index (χ0n) is 10.00. The molecule has 0 bridgehead atoms. The molecule has 0 saturated heterocycles. The Kier molecular flexibility index (Phi) is 3.75. The molecule has 0 amide bonds. The topological polar surface area (TPSA) is 29.5 Å². The smallest absolute Gasteiger partial charge is 0.168 e. The first-order chi connectivity index (χ1) is 8.54. The predicted molar refractivity (Wildman–Crippen MR) is 77.5 cm³/mol. The van der Waals surface area contributed by atoms with Crippen LogP contribution in [0.5, 0.6) is 11.5 Å². The number of phenolic OH excluding ortho intramolecular Hbond substituents is 1. The van der Waals surface area contributed by atoms with Crippen molar-refractivity contribution in [2.24, 2.45) is 0 Å². The molecular weight excluding hydrogens is 346 g/mol. The molecule has 2 nitrogen and oxygen atoms in total. The van der Waals surface area contributed by atoms with Crippen molar-refractivity contribution >= 4 is 22.6 Å². The van der Waals surface area contributed by atoms with Crippen LogP contribution in [-0.2, 0) is 0 Å². The van der Waals surface area contributed by atoms with Gasteiger partial charge in [0.2, 0.25) is 0 Å². The number of methoxy groups -OCH3 is 1. The van der Waals surface area contributed by atoms with E-state index in [4.69, 9.17) is 4.74 Å². The van der Waals surface area contributed by atoms with E-state index in [0.717, 1.165) is 20.8 Å². The third kappa shape index (κ3) is 2.29. The number of halogens is 2. The summed E-state index contributed by atoms with van der Waals surface area (Å²) >= 11 is 2.19. The fourth-order valence-electron chi connectivity index (χ4n) is 1.95. The molecule has 4 heteroatoms. The van der Waals surface area contributed by atoms with Gasteiger partial charge in [0, 0.05) is 20.8 Å². The molecule has 0 spiro atoms. The van der Waals surface area contributed by atoms with Crippen molar-refractivity contribution in [3.63, 3.8) is 0 Å². The second-order valence-electron chi connectivity index (χ2n) is 3.94. The molecule has 0 saturated carbocycles. The Balaban J connectivity index is 2.78. The number of hydrogen-bond donors (Lipinski definition) is 1. The fourth-order valence-corrected chi connectivity index (χ4v) is 2.88. The van der Waals surface area contributed by atoms with Crippen LogP contribution in [0.15, 0.2) is 30.3 Å². The Morgan fingerprint density at radius 2 is 2.00 bits per heavy atom. The second kappa shape index (κ2) is 5.14. The highest BCUT2D eigenvalue weighted by molar-refractivity contribution is 14.1. The van der Waals surface area contributed by atoms with Gasteiger partial charge in [-0.25, -0.2) is 4.39 Å². The highest BCUT2D eigenvalue weighted by atomic mass is 127. The lowest BCUT2D eigenvalue weighted by Crippen LogP contribution is -1.94. The second-order valence-corrected chi connectivity index (χ2v) is 5.10. The number of benzene rings is 2. The molecule has 0 atom stereocenters. The molecule has 18 heavy (non-hydrogen) atoms. The van der Waals surface area contributed by atoms with Crippen LogP contribution in [0.3, 0.4) is 0 Å². The summed E-state index contributed by atoms with van der Waals surface area (Å²) in [5.41, 5.74) is 2.45.